The monoisotopic (exact) mass is 503 g/mol. The van der Waals surface area contributed by atoms with Gasteiger partial charge in [0, 0.05) is 16.5 Å². The first-order chi connectivity index (χ1) is 18.0. The zero-order valence-corrected chi connectivity index (χ0v) is 21.0. The Bertz CT molecular complexity index is 1370. The van der Waals surface area contributed by atoms with E-state index in [0.29, 0.717) is 34.5 Å². The Balaban J connectivity index is 1.44. The molecule has 0 spiro atoms. The number of unbranched alkanes of at least 4 members (excludes halogenated alkanes) is 6. The highest BCUT2D eigenvalue weighted by atomic mass is 19.1. The van der Waals surface area contributed by atoms with E-state index in [1.807, 2.05) is 24.3 Å². The Morgan fingerprint density at radius 1 is 0.838 bits per heavy atom. The molecule has 0 aliphatic rings. The van der Waals surface area contributed by atoms with Gasteiger partial charge in [0.05, 0.1) is 23.4 Å². The molecule has 4 nitrogen and oxygen atoms in total. The lowest BCUT2D eigenvalue weighted by molar-refractivity contribution is 0.0699. The Hall–Kier alpha value is -3.80. The van der Waals surface area contributed by atoms with E-state index in [9.17, 15) is 14.3 Å². The Kier molecular flexibility index (Phi) is 8.83. The Morgan fingerprint density at radius 3 is 2.24 bits per heavy atom. The molecule has 192 valence electrons. The van der Waals surface area contributed by atoms with Gasteiger partial charge in [-0.3, -0.25) is 0 Å². The van der Waals surface area contributed by atoms with Gasteiger partial charge in [-0.05, 0) is 54.4 Å². The number of hydrogen-bond donors (Lipinski definition) is 1. The van der Waals surface area contributed by atoms with Gasteiger partial charge in [-0.25, -0.2) is 18.6 Å². The number of benzene rings is 3. The summed E-state index contributed by atoms with van der Waals surface area (Å²) >= 11 is 0. The molecule has 0 aliphatic heterocycles. The average Bonchev–Trinajstić information content (AvgIpc) is 2.90. The second-order valence-electron chi connectivity index (χ2n) is 9.21. The molecule has 0 aliphatic carbocycles. The van der Waals surface area contributed by atoms with Crippen molar-refractivity contribution in [3.8, 4) is 28.1 Å². The highest BCUT2D eigenvalue weighted by Gasteiger charge is 2.15. The van der Waals surface area contributed by atoms with Crippen LogP contribution in [0.2, 0.25) is 0 Å². The molecule has 0 saturated heterocycles. The van der Waals surface area contributed by atoms with Crippen molar-refractivity contribution in [1.29, 1.82) is 0 Å². The Morgan fingerprint density at radius 2 is 1.54 bits per heavy atom. The lowest BCUT2D eigenvalue weighted by Gasteiger charge is -2.10. The van der Waals surface area contributed by atoms with Crippen LogP contribution >= 0.6 is 0 Å². The summed E-state index contributed by atoms with van der Waals surface area (Å²) < 4.78 is 34.6. The number of nitrogens with zero attached hydrogens (tertiary/aromatic N) is 1. The molecule has 0 radical (unpaired) electrons. The van der Waals surface area contributed by atoms with Gasteiger partial charge in [-0.2, -0.15) is 0 Å². The van der Waals surface area contributed by atoms with E-state index in [-0.39, 0.29) is 10.9 Å². The normalized spacial score (nSPS) is 11.1. The average molecular weight is 504 g/mol. The van der Waals surface area contributed by atoms with Crippen LogP contribution in [0.5, 0.6) is 5.75 Å². The fourth-order valence-electron chi connectivity index (χ4n) is 4.41. The van der Waals surface area contributed by atoms with E-state index in [1.165, 1.54) is 56.4 Å². The van der Waals surface area contributed by atoms with E-state index in [0.717, 1.165) is 24.7 Å². The van der Waals surface area contributed by atoms with Gasteiger partial charge >= 0.3 is 5.97 Å². The quantitative estimate of drug-likeness (QED) is 0.197. The molecule has 4 rings (SSSR count). The maximum absolute atomic E-state index is 15.1. The fraction of sp³-hybridized carbons (Fsp3) is 0.290. The lowest BCUT2D eigenvalue weighted by Crippen LogP contribution is -2.01. The number of ether oxygens (including phenoxy) is 1. The molecule has 6 heteroatoms. The van der Waals surface area contributed by atoms with Gasteiger partial charge in [0.15, 0.2) is 0 Å². The summed E-state index contributed by atoms with van der Waals surface area (Å²) in [4.78, 5) is 16.2. The van der Waals surface area contributed by atoms with Crippen LogP contribution in [0.4, 0.5) is 8.78 Å². The van der Waals surface area contributed by atoms with E-state index >= 15 is 4.39 Å². The molecule has 1 heterocycles. The summed E-state index contributed by atoms with van der Waals surface area (Å²) in [6.07, 6.45) is 8.57. The predicted molar refractivity (Wildman–Crippen MR) is 143 cm³/mol. The number of pyridine rings is 1. The molecular weight excluding hydrogens is 472 g/mol. The van der Waals surface area contributed by atoms with E-state index in [4.69, 9.17) is 4.74 Å². The van der Waals surface area contributed by atoms with Gasteiger partial charge in [0.25, 0.3) is 0 Å². The maximum atomic E-state index is 15.1. The molecule has 0 amide bonds. The summed E-state index contributed by atoms with van der Waals surface area (Å²) in [6, 6.07) is 17.1. The summed E-state index contributed by atoms with van der Waals surface area (Å²) in [5.74, 6) is -1.45. The number of aromatic nitrogens is 1. The van der Waals surface area contributed by atoms with Crippen molar-refractivity contribution in [2.24, 2.45) is 0 Å². The number of fused-ring (bicyclic) bond motifs is 1. The second-order valence-corrected chi connectivity index (χ2v) is 9.21. The zero-order valence-electron chi connectivity index (χ0n) is 21.0. The molecule has 4 aromatic rings. The van der Waals surface area contributed by atoms with Crippen LogP contribution in [0.3, 0.4) is 0 Å². The van der Waals surface area contributed by atoms with Crippen LogP contribution < -0.4 is 4.74 Å². The van der Waals surface area contributed by atoms with Gasteiger partial charge < -0.3 is 9.84 Å². The number of carbonyl (C=O) groups is 1. The molecule has 37 heavy (non-hydrogen) atoms. The molecule has 0 atom stereocenters. The molecule has 0 unspecified atom stereocenters. The molecule has 1 aromatic heterocycles. The molecule has 1 N–H and O–H groups in total. The summed E-state index contributed by atoms with van der Waals surface area (Å²) in [7, 11) is 0. The molecule has 0 fully saturated rings. The highest BCUT2D eigenvalue weighted by Crippen LogP contribution is 2.31. The SMILES string of the molecule is CCCCCCCCCOc1ccc(-c2ccc(-c3cc(C(=O)O)c4cc(F)ccc4n3)cc2F)cc1. The largest absolute Gasteiger partial charge is 0.494 e. The first-order valence-electron chi connectivity index (χ1n) is 12.8. The van der Waals surface area contributed by atoms with Crippen LogP contribution in [-0.4, -0.2) is 22.7 Å². The van der Waals surface area contributed by atoms with E-state index in [1.54, 1.807) is 12.1 Å². The minimum Gasteiger partial charge on any atom is -0.494 e. The van der Waals surface area contributed by atoms with E-state index in [2.05, 4.69) is 11.9 Å². The van der Waals surface area contributed by atoms with Crippen molar-refractivity contribution in [3.63, 3.8) is 0 Å². The second kappa shape index (κ2) is 12.4. The zero-order chi connectivity index (χ0) is 26.2. The van der Waals surface area contributed by atoms with Crippen LogP contribution in [0, 0.1) is 11.6 Å². The van der Waals surface area contributed by atoms with Gasteiger partial charge in [-0.1, -0.05) is 69.7 Å². The topological polar surface area (TPSA) is 59.4 Å². The smallest absolute Gasteiger partial charge is 0.336 e. The molecule has 3 aromatic carbocycles. The van der Waals surface area contributed by atoms with Crippen molar-refractivity contribution in [1.82, 2.24) is 4.98 Å². The predicted octanol–water partition coefficient (Wildman–Crippen LogP) is 8.67. The summed E-state index contributed by atoms with van der Waals surface area (Å²) in [6.45, 7) is 2.88. The van der Waals surface area contributed by atoms with Crippen LogP contribution in [0.1, 0.15) is 62.2 Å². The van der Waals surface area contributed by atoms with Crippen molar-refractivity contribution in [3.05, 3.63) is 83.9 Å². The standard InChI is InChI=1S/C31H31F2NO3/c1-2-3-4-5-6-7-8-17-37-24-13-9-21(10-14-24)25-15-11-22(18-28(25)33)30-20-27(31(35)36)26-19-23(32)12-16-29(26)34-30/h9-16,18-20H,2-8,17H2,1H3,(H,35,36). The maximum Gasteiger partial charge on any atom is 0.336 e. The highest BCUT2D eigenvalue weighted by molar-refractivity contribution is 6.03. The summed E-state index contributed by atoms with van der Waals surface area (Å²) in [5, 5.41) is 9.80. The van der Waals surface area contributed by atoms with Crippen molar-refractivity contribution in [2.75, 3.05) is 6.61 Å². The number of carboxylic acid groups (broad SMARTS) is 1. The third-order valence-corrected chi connectivity index (χ3v) is 6.45. The fourth-order valence-corrected chi connectivity index (χ4v) is 4.41. The molecule has 0 saturated carbocycles. The van der Waals surface area contributed by atoms with Crippen LogP contribution in [0.15, 0.2) is 66.7 Å². The van der Waals surface area contributed by atoms with Crippen LogP contribution in [-0.2, 0) is 0 Å². The number of hydrogen-bond acceptors (Lipinski definition) is 3. The van der Waals surface area contributed by atoms with Gasteiger partial charge in [0.1, 0.15) is 17.4 Å². The number of carboxylic acids is 1. The van der Waals surface area contributed by atoms with E-state index < -0.39 is 17.6 Å². The summed E-state index contributed by atoms with van der Waals surface area (Å²) in [5.41, 5.74) is 2.11. The molecule has 0 bridgehead atoms. The van der Waals surface area contributed by atoms with Gasteiger partial charge in [-0.15, -0.1) is 0 Å². The number of rotatable bonds is 12. The molecular formula is C31H31F2NO3. The van der Waals surface area contributed by atoms with Crippen molar-refractivity contribution < 1.29 is 23.4 Å². The minimum atomic E-state index is -1.20. The third kappa shape index (κ3) is 6.70. The third-order valence-electron chi connectivity index (χ3n) is 6.45. The number of halogens is 2. The first-order valence-corrected chi connectivity index (χ1v) is 12.8. The Labute approximate surface area is 215 Å². The van der Waals surface area contributed by atoms with Gasteiger partial charge in [0.2, 0.25) is 0 Å². The van der Waals surface area contributed by atoms with Crippen LogP contribution in [0.25, 0.3) is 33.3 Å². The lowest BCUT2D eigenvalue weighted by atomic mass is 10.00. The minimum absolute atomic E-state index is 0.0870. The first kappa shape index (κ1) is 26.3. The van der Waals surface area contributed by atoms with Crippen molar-refractivity contribution in [2.45, 2.75) is 51.9 Å². The number of aromatic carboxylic acids is 1. The van der Waals surface area contributed by atoms with Crippen molar-refractivity contribution >= 4 is 16.9 Å².